The molecule has 0 saturated heterocycles. The SMILES string of the molecule is NSc1c(Cl)cncc1Cl. The summed E-state index contributed by atoms with van der Waals surface area (Å²) in [5.41, 5.74) is 0. The molecule has 0 amide bonds. The number of aromatic nitrogens is 1. The van der Waals surface area contributed by atoms with Crippen molar-refractivity contribution in [2.45, 2.75) is 4.90 Å². The molecular weight excluding hydrogens is 191 g/mol. The largest absolute Gasteiger partial charge is 0.274 e. The van der Waals surface area contributed by atoms with Crippen LogP contribution in [-0.2, 0) is 0 Å². The van der Waals surface area contributed by atoms with Crippen molar-refractivity contribution in [3.63, 3.8) is 0 Å². The maximum atomic E-state index is 5.68. The molecule has 0 fully saturated rings. The van der Waals surface area contributed by atoms with Crippen LogP contribution in [0.1, 0.15) is 0 Å². The van der Waals surface area contributed by atoms with Crippen LogP contribution in [0.2, 0.25) is 10.0 Å². The molecule has 0 aliphatic carbocycles. The van der Waals surface area contributed by atoms with Crippen LogP contribution in [0.5, 0.6) is 0 Å². The molecular formula is C5H4Cl2N2S. The van der Waals surface area contributed by atoms with Gasteiger partial charge in [0, 0.05) is 12.4 Å². The monoisotopic (exact) mass is 194 g/mol. The molecule has 1 aromatic heterocycles. The highest BCUT2D eigenvalue weighted by Crippen LogP contribution is 2.29. The van der Waals surface area contributed by atoms with Crippen molar-refractivity contribution in [1.29, 1.82) is 0 Å². The van der Waals surface area contributed by atoms with E-state index in [0.29, 0.717) is 14.9 Å². The minimum absolute atomic E-state index is 0.486. The predicted molar refractivity (Wildman–Crippen MR) is 44.3 cm³/mol. The molecule has 2 N–H and O–H groups in total. The summed E-state index contributed by atoms with van der Waals surface area (Å²) in [7, 11) is 0. The fraction of sp³-hybridized carbons (Fsp3) is 0. The lowest BCUT2D eigenvalue weighted by Gasteiger charge is -1.99. The summed E-state index contributed by atoms with van der Waals surface area (Å²) in [6.45, 7) is 0. The van der Waals surface area contributed by atoms with Gasteiger partial charge < -0.3 is 0 Å². The maximum Gasteiger partial charge on any atom is 0.0753 e. The van der Waals surface area contributed by atoms with Crippen LogP contribution >= 0.6 is 35.1 Å². The lowest BCUT2D eigenvalue weighted by Crippen LogP contribution is -1.83. The van der Waals surface area contributed by atoms with E-state index in [1.54, 1.807) is 0 Å². The first-order chi connectivity index (χ1) is 4.75. The first-order valence-corrected chi connectivity index (χ1v) is 4.05. The zero-order valence-corrected chi connectivity index (χ0v) is 7.17. The Bertz CT molecular complexity index is 221. The number of halogens is 2. The first-order valence-electron chi connectivity index (χ1n) is 2.41. The standard InChI is InChI=1S/C5H4Cl2N2S/c6-3-1-9-2-4(7)5(3)10-8/h1-2H,8H2. The highest BCUT2D eigenvalue weighted by molar-refractivity contribution is 7.97. The number of nitrogens with zero attached hydrogens (tertiary/aromatic N) is 1. The molecule has 1 rings (SSSR count). The fourth-order valence-electron chi connectivity index (χ4n) is 0.512. The molecule has 54 valence electrons. The van der Waals surface area contributed by atoms with Gasteiger partial charge in [0.05, 0.1) is 14.9 Å². The fourth-order valence-corrected chi connectivity index (χ4v) is 1.47. The Morgan fingerprint density at radius 3 is 2.10 bits per heavy atom. The zero-order chi connectivity index (χ0) is 7.56. The van der Waals surface area contributed by atoms with Gasteiger partial charge >= 0.3 is 0 Å². The van der Waals surface area contributed by atoms with Gasteiger partial charge in [-0.05, 0) is 11.9 Å². The maximum absolute atomic E-state index is 5.68. The number of rotatable bonds is 1. The van der Waals surface area contributed by atoms with Crippen LogP contribution in [0.3, 0.4) is 0 Å². The van der Waals surface area contributed by atoms with Crippen LogP contribution in [0, 0.1) is 0 Å². The number of nitrogens with two attached hydrogens (primary N) is 1. The minimum atomic E-state index is 0.486. The van der Waals surface area contributed by atoms with E-state index in [9.17, 15) is 0 Å². The van der Waals surface area contributed by atoms with Crippen LogP contribution in [0.25, 0.3) is 0 Å². The summed E-state index contributed by atoms with van der Waals surface area (Å²) in [6.07, 6.45) is 3.01. The normalized spacial score (nSPS) is 9.90. The second-order valence-electron chi connectivity index (χ2n) is 1.55. The van der Waals surface area contributed by atoms with E-state index in [2.05, 4.69) is 4.98 Å². The quantitative estimate of drug-likeness (QED) is 0.699. The molecule has 0 spiro atoms. The summed E-state index contributed by atoms with van der Waals surface area (Å²) in [5.74, 6) is 0. The van der Waals surface area contributed by atoms with Gasteiger partial charge in [-0.2, -0.15) is 0 Å². The topological polar surface area (TPSA) is 38.9 Å². The Labute approximate surface area is 72.9 Å². The van der Waals surface area contributed by atoms with Crippen molar-refractivity contribution in [2.24, 2.45) is 5.14 Å². The molecule has 1 heterocycles. The molecule has 0 atom stereocenters. The van der Waals surface area contributed by atoms with Crippen LogP contribution in [-0.4, -0.2) is 4.98 Å². The third kappa shape index (κ3) is 1.55. The van der Waals surface area contributed by atoms with Gasteiger partial charge in [0.2, 0.25) is 0 Å². The summed E-state index contributed by atoms with van der Waals surface area (Å²) in [5, 5.41) is 6.24. The zero-order valence-electron chi connectivity index (χ0n) is 4.84. The van der Waals surface area contributed by atoms with Crippen molar-refractivity contribution in [1.82, 2.24) is 4.98 Å². The molecule has 0 aliphatic heterocycles. The van der Waals surface area contributed by atoms with Crippen LogP contribution < -0.4 is 5.14 Å². The molecule has 2 nitrogen and oxygen atoms in total. The molecule has 0 saturated carbocycles. The number of hydrogen-bond acceptors (Lipinski definition) is 3. The number of pyridine rings is 1. The van der Waals surface area contributed by atoms with Crippen molar-refractivity contribution in [2.75, 3.05) is 0 Å². The summed E-state index contributed by atoms with van der Waals surface area (Å²) in [4.78, 5) is 4.42. The Kier molecular flexibility index (Phi) is 2.80. The van der Waals surface area contributed by atoms with Crippen molar-refractivity contribution in [3.05, 3.63) is 22.4 Å². The molecule has 0 aliphatic rings. The average Bonchev–Trinajstić information content (AvgIpc) is 1.88. The third-order valence-corrected chi connectivity index (χ3v) is 2.40. The molecule has 0 radical (unpaired) electrons. The Hall–Kier alpha value is 0.0400. The molecule has 10 heavy (non-hydrogen) atoms. The molecule has 0 unspecified atom stereocenters. The van der Waals surface area contributed by atoms with Crippen LogP contribution in [0.4, 0.5) is 0 Å². The van der Waals surface area contributed by atoms with E-state index in [4.69, 9.17) is 28.3 Å². The Morgan fingerprint density at radius 1 is 1.30 bits per heavy atom. The van der Waals surface area contributed by atoms with E-state index in [1.807, 2.05) is 0 Å². The smallest absolute Gasteiger partial charge is 0.0753 e. The lowest BCUT2D eigenvalue weighted by atomic mass is 10.5. The first kappa shape index (κ1) is 8.14. The number of hydrogen-bond donors (Lipinski definition) is 1. The molecule has 1 aromatic rings. The summed E-state index contributed by atoms with van der Waals surface area (Å²) >= 11 is 12.4. The van der Waals surface area contributed by atoms with Gasteiger partial charge in [-0.3, -0.25) is 10.1 Å². The molecule has 0 bridgehead atoms. The highest BCUT2D eigenvalue weighted by atomic mass is 35.5. The van der Waals surface area contributed by atoms with Gasteiger partial charge in [0.1, 0.15) is 0 Å². The van der Waals surface area contributed by atoms with Gasteiger partial charge in [-0.15, -0.1) is 0 Å². The van der Waals surface area contributed by atoms with E-state index >= 15 is 0 Å². The second kappa shape index (κ2) is 3.44. The van der Waals surface area contributed by atoms with Crippen molar-refractivity contribution in [3.8, 4) is 0 Å². The van der Waals surface area contributed by atoms with E-state index in [0.717, 1.165) is 11.9 Å². The third-order valence-electron chi connectivity index (χ3n) is 0.927. The van der Waals surface area contributed by atoms with Crippen molar-refractivity contribution >= 4 is 35.1 Å². The van der Waals surface area contributed by atoms with E-state index < -0.39 is 0 Å². The lowest BCUT2D eigenvalue weighted by molar-refractivity contribution is 1.26. The average molecular weight is 195 g/mol. The van der Waals surface area contributed by atoms with Crippen molar-refractivity contribution < 1.29 is 0 Å². The minimum Gasteiger partial charge on any atom is -0.274 e. The summed E-state index contributed by atoms with van der Waals surface area (Å²) in [6, 6.07) is 0. The van der Waals surface area contributed by atoms with E-state index in [1.165, 1.54) is 12.4 Å². The van der Waals surface area contributed by atoms with Gasteiger partial charge in [-0.1, -0.05) is 23.2 Å². The Balaban J connectivity index is 3.17. The molecule has 5 heteroatoms. The van der Waals surface area contributed by atoms with Gasteiger partial charge in [0.15, 0.2) is 0 Å². The van der Waals surface area contributed by atoms with E-state index in [-0.39, 0.29) is 0 Å². The van der Waals surface area contributed by atoms with Crippen LogP contribution in [0.15, 0.2) is 17.3 Å². The Morgan fingerprint density at radius 2 is 1.80 bits per heavy atom. The molecule has 0 aromatic carbocycles. The van der Waals surface area contributed by atoms with Gasteiger partial charge in [0.25, 0.3) is 0 Å². The summed E-state index contributed by atoms with van der Waals surface area (Å²) < 4.78 is 0. The predicted octanol–water partition coefficient (Wildman–Crippen LogP) is 2.35. The van der Waals surface area contributed by atoms with Gasteiger partial charge in [-0.25, -0.2) is 0 Å². The second-order valence-corrected chi connectivity index (χ2v) is 3.01. The highest BCUT2D eigenvalue weighted by Gasteiger charge is 2.03.